The van der Waals surface area contributed by atoms with Crippen molar-refractivity contribution in [2.45, 2.75) is 83.3 Å². The van der Waals surface area contributed by atoms with E-state index in [1.54, 1.807) is 6.08 Å². The number of amides is 1. The molecule has 8 nitrogen and oxygen atoms in total. The first kappa shape index (κ1) is 27.5. The van der Waals surface area contributed by atoms with Crippen LogP contribution in [0.25, 0.3) is 0 Å². The standard InChI is InChI=1S/C31H48N2O6/c1-29-9-6-23(32(3)28(35)38-17-14-33-12-15-37-16-13-33)19-22(29)4-5-26-25(29)7-10-30(2)24(8-11-31(26,30)36)21-18-27(34)39-20-21/h18,22-26,36H,4-17,19-20H2,1-3H3/t22-,23+,24-,25+,26-,29+,30-,31+/m1/s1. The van der Waals surface area contributed by atoms with Crippen LogP contribution in [-0.4, -0.2) is 91.7 Å². The number of hydrogen-bond donors (Lipinski definition) is 1. The Morgan fingerprint density at radius 2 is 1.90 bits per heavy atom. The van der Waals surface area contributed by atoms with Gasteiger partial charge in [0, 0.05) is 44.2 Å². The first-order valence-electron chi connectivity index (χ1n) is 15.4. The number of cyclic esters (lactones) is 1. The second kappa shape index (κ2) is 10.3. The summed E-state index contributed by atoms with van der Waals surface area (Å²) in [5.74, 6) is 1.39. The van der Waals surface area contributed by atoms with Gasteiger partial charge < -0.3 is 24.2 Å². The summed E-state index contributed by atoms with van der Waals surface area (Å²) >= 11 is 0. The number of nitrogens with zero attached hydrogens (tertiary/aromatic N) is 2. The van der Waals surface area contributed by atoms with Crippen LogP contribution in [-0.2, 0) is 19.0 Å². The molecule has 1 amide bonds. The molecular weight excluding hydrogens is 496 g/mol. The lowest BCUT2D eigenvalue weighted by Crippen LogP contribution is -2.62. The normalized spacial score (nSPS) is 44.1. The van der Waals surface area contributed by atoms with E-state index >= 15 is 0 Å². The third-order valence-corrected chi connectivity index (χ3v) is 12.5. The summed E-state index contributed by atoms with van der Waals surface area (Å²) in [6.45, 7) is 9.67. The summed E-state index contributed by atoms with van der Waals surface area (Å²) in [6, 6.07) is 0.218. The van der Waals surface area contributed by atoms with Crippen molar-refractivity contribution in [2.24, 2.45) is 34.5 Å². The fourth-order valence-corrected chi connectivity index (χ4v) is 10.1. The van der Waals surface area contributed by atoms with Crippen molar-refractivity contribution in [1.82, 2.24) is 9.80 Å². The highest BCUT2D eigenvalue weighted by Crippen LogP contribution is 2.70. The predicted octanol–water partition coefficient (Wildman–Crippen LogP) is 4.01. The molecule has 0 unspecified atom stereocenters. The number of hydrogen-bond acceptors (Lipinski definition) is 7. The molecule has 39 heavy (non-hydrogen) atoms. The zero-order valence-electron chi connectivity index (χ0n) is 24.2. The summed E-state index contributed by atoms with van der Waals surface area (Å²) in [6.07, 6.45) is 10.7. The van der Waals surface area contributed by atoms with E-state index in [4.69, 9.17) is 14.2 Å². The molecule has 218 valence electrons. The van der Waals surface area contributed by atoms with Gasteiger partial charge in [0.15, 0.2) is 0 Å². The number of carbonyl (C=O) groups is 2. The van der Waals surface area contributed by atoms with Gasteiger partial charge in [-0.3, -0.25) is 4.90 Å². The van der Waals surface area contributed by atoms with Crippen LogP contribution in [0.5, 0.6) is 0 Å². The van der Waals surface area contributed by atoms with Crippen LogP contribution < -0.4 is 0 Å². The molecule has 2 heterocycles. The molecule has 0 radical (unpaired) electrons. The minimum Gasteiger partial charge on any atom is -0.458 e. The fourth-order valence-electron chi connectivity index (χ4n) is 10.1. The maximum Gasteiger partial charge on any atom is 0.409 e. The van der Waals surface area contributed by atoms with E-state index in [1.165, 1.54) is 0 Å². The van der Waals surface area contributed by atoms with Gasteiger partial charge in [-0.1, -0.05) is 13.8 Å². The second-order valence-corrected chi connectivity index (χ2v) is 13.9. The average molecular weight is 545 g/mol. The molecule has 0 aromatic rings. The quantitative estimate of drug-likeness (QED) is 0.523. The van der Waals surface area contributed by atoms with Gasteiger partial charge in [0.1, 0.15) is 13.2 Å². The van der Waals surface area contributed by atoms with Gasteiger partial charge in [-0.05, 0) is 92.4 Å². The lowest BCUT2D eigenvalue weighted by molar-refractivity contribution is -0.206. The number of carbonyl (C=O) groups excluding carboxylic acids is 2. The molecule has 1 N–H and O–H groups in total. The van der Waals surface area contributed by atoms with Crippen molar-refractivity contribution >= 4 is 12.1 Å². The third kappa shape index (κ3) is 4.53. The van der Waals surface area contributed by atoms with Crippen molar-refractivity contribution in [3.05, 3.63) is 11.6 Å². The topological polar surface area (TPSA) is 88.5 Å². The van der Waals surface area contributed by atoms with Crippen LogP contribution in [0.2, 0.25) is 0 Å². The van der Waals surface area contributed by atoms with E-state index in [2.05, 4.69) is 18.7 Å². The summed E-state index contributed by atoms with van der Waals surface area (Å²) in [5, 5.41) is 12.4. The minimum absolute atomic E-state index is 0.195. The Bertz CT molecular complexity index is 996. The number of esters is 1. The highest BCUT2D eigenvalue weighted by atomic mass is 16.6. The Labute approximate surface area is 233 Å². The van der Waals surface area contributed by atoms with Gasteiger partial charge in [-0.15, -0.1) is 0 Å². The van der Waals surface area contributed by atoms with Crippen molar-refractivity contribution in [2.75, 3.05) is 53.1 Å². The van der Waals surface area contributed by atoms with Gasteiger partial charge in [0.25, 0.3) is 0 Å². The zero-order chi connectivity index (χ0) is 27.4. The molecule has 8 heteroatoms. The monoisotopic (exact) mass is 544 g/mol. The van der Waals surface area contributed by atoms with Gasteiger partial charge in [0.05, 0.1) is 18.8 Å². The Morgan fingerprint density at radius 3 is 2.64 bits per heavy atom. The van der Waals surface area contributed by atoms with E-state index in [9.17, 15) is 14.7 Å². The summed E-state index contributed by atoms with van der Waals surface area (Å²) in [7, 11) is 1.91. The number of aliphatic hydroxyl groups is 1. The van der Waals surface area contributed by atoms with E-state index in [0.717, 1.165) is 96.2 Å². The molecule has 6 aliphatic rings. The SMILES string of the molecule is CN(C(=O)OCCN1CCOCC1)[C@H]1CC[C@@]2(C)[C@H](CC[C@@H]3[C@@H]2CC[C@]2(C)[C@@H](C4=CC(=O)OC4)CC[C@]32O)C1. The van der Waals surface area contributed by atoms with Crippen LogP contribution in [0, 0.1) is 34.5 Å². The Kier molecular flexibility index (Phi) is 7.29. The third-order valence-electron chi connectivity index (χ3n) is 12.5. The van der Waals surface area contributed by atoms with Crippen LogP contribution >= 0.6 is 0 Å². The van der Waals surface area contributed by atoms with Gasteiger partial charge >= 0.3 is 12.1 Å². The zero-order valence-corrected chi connectivity index (χ0v) is 24.2. The summed E-state index contributed by atoms with van der Waals surface area (Å²) < 4.78 is 16.3. The fraction of sp³-hybridized carbons (Fsp3) is 0.871. The molecule has 0 bridgehead atoms. The molecule has 0 spiro atoms. The number of rotatable bonds is 5. The Balaban J connectivity index is 1.08. The van der Waals surface area contributed by atoms with Crippen LogP contribution in [0.4, 0.5) is 4.79 Å². The number of morpholine rings is 1. The Hall–Kier alpha value is -1.64. The van der Waals surface area contributed by atoms with Crippen LogP contribution in [0.3, 0.4) is 0 Å². The molecule has 0 aromatic heterocycles. The van der Waals surface area contributed by atoms with Crippen molar-refractivity contribution in [1.29, 1.82) is 0 Å². The van der Waals surface area contributed by atoms with E-state index in [1.807, 2.05) is 11.9 Å². The number of ether oxygens (including phenoxy) is 3. The Morgan fingerprint density at radius 1 is 1.10 bits per heavy atom. The van der Waals surface area contributed by atoms with Crippen molar-refractivity contribution in [3.8, 4) is 0 Å². The van der Waals surface area contributed by atoms with Gasteiger partial charge in [-0.25, -0.2) is 9.59 Å². The smallest absolute Gasteiger partial charge is 0.409 e. The largest absolute Gasteiger partial charge is 0.458 e. The van der Waals surface area contributed by atoms with E-state index in [-0.39, 0.29) is 34.9 Å². The molecular formula is C31H48N2O6. The predicted molar refractivity (Wildman–Crippen MR) is 146 cm³/mol. The van der Waals surface area contributed by atoms with Gasteiger partial charge in [-0.2, -0.15) is 0 Å². The second-order valence-electron chi connectivity index (χ2n) is 13.9. The average Bonchev–Trinajstić information content (AvgIpc) is 3.48. The minimum atomic E-state index is -0.682. The maximum absolute atomic E-state index is 12.9. The molecule has 6 rings (SSSR count). The van der Waals surface area contributed by atoms with E-state index < -0.39 is 5.60 Å². The first-order valence-corrected chi connectivity index (χ1v) is 15.4. The van der Waals surface area contributed by atoms with Crippen LogP contribution in [0.15, 0.2) is 11.6 Å². The molecule has 2 aliphatic heterocycles. The molecule has 1 saturated heterocycles. The highest BCUT2D eigenvalue weighted by Gasteiger charge is 2.67. The molecule has 8 atom stereocenters. The molecule has 4 aliphatic carbocycles. The lowest BCUT2D eigenvalue weighted by Gasteiger charge is -2.64. The lowest BCUT2D eigenvalue weighted by atomic mass is 9.43. The number of fused-ring (bicyclic) bond motifs is 5. The molecule has 5 fully saturated rings. The van der Waals surface area contributed by atoms with Crippen molar-refractivity contribution in [3.63, 3.8) is 0 Å². The highest BCUT2D eigenvalue weighted by molar-refractivity contribution is 5.85. The van der Waals surface area contributed by atoms with Gasteiger partial charge in [0.2, 0.25) is 0 Å². The first-order chi connectivity index (χ1) is 18.7. The van der Waals surface area contributed by atoms with Crippen molar-refractivity contribution < 1.29 is 28.9 Å². The van der Waals surface area contributed by atoms with E-state index in [0.29, 0.717) is 31.0 Å². The molecule has 4 saturated carbocycles. The molecule has 0 aromatic carbocycles. The van der Waals surface area contributed by atoms with Crippen LogP contribution in [0.1, 0.15) is 71.6 Å². The maximum atomic E-state index is 12.9. The summed E-state index contributed by atoms with van der Waals surface area (Å²) in [5.41, 5.74) is 0.414. The summed E-state index contributed by atoms with van der Waals surface area (Å²) in [4.78, 5) is 28.9.